The molecule has 1 aromatic heterocycles. The van der Waals surface area contributed by atoms with E-state index in [4.69, 9.17) is 14.1 Å². The fourth-order valence-corrected chi connectivity index (χ4v) is 4.48. The number of aliphatic imine (C=N–C) groups is 1. The second-order valence-corrected chi connectivity index (χ2v) is 8.57. The highest BCUT2D eigenvalue weighted by Gasteiger charge is 2.28. The molecule has 1 amide bonds. The summed E-state index contributed by atoms with van der Waals surface area (Å²) in [5.74, 6) is -0.629. The number of halogens is 1. The molecular formula is C27H23FN6O3. The molecule has 0 aliphatic carbocycles. The first-order chi connectivity index (χ1) is 18.2. The van der Waals surface area contributed by atoms with Gasteiger partial charge in [0, 0.05) is 24.2 Å². The molecule has 1 atom stereocenters. The van der Waals surface area contributed by atoms with Gasteiger partial charge in [-0.05, 0) is 18.2 Å². The minimum atomic E-state index is -1.04. The number of nitrogens with one attached hydrogen (secondary N) is 2. The van der Waals surface area contributed by atoms with Crippen LogP contribution in [0.5, 0.6) is 0 Å². The lowest BCUT2D eigenvalue weighted by Crippen LogP contribution is -2.37. The topological polar surface area (TPSA) is 105 Å². The predicted molar refractivity (Wildman–Crippen MR) is 137 cm³/mol. The van der Waals surface area contributed by atoms with Gasteiger partial charge in [0.05, 0.1) is 35.9 Å². The first-order valence-electron chi connectivity index (χ1n) is 11.9. The number of para-hydroxylation sites is 2. The quantitative estimate of drug-likeness (QED) is 0.429. The summed E-state index contributed by atoms with van der Waals surface area (Å²) in [5, 5.41) is 14.1. The molecule has 2 aliphatic rings. The van der Waals surface area contributed by atoms with Gasteiger partial charge in [-0.15, -0.1) is 5.10 Å². The van der Waals surface area contributed by atoms with Crippen LogP contribution in [0.2, 0.25) is 0 Å². The Kier molecular flexibility index (Phi) is 6.07. The zero-order chi connectivity index (χ0) is 25.2. The molecule has 0 unspecified atom stereocenters. The van der Waals surface area contributed by atoms with Crippen molar-refractivity contribution in [1.29, 1.82) is 0 Å². The Hall–Kier alpha value is -4.57. The zero-order valence-electron chi connectivity index (χ0n) is 19.7. The number of hydrogen-bond donors (Lipinski definition) is 2. The maximum absolute atomic E-state index is 14.9. The van der Waals surface area contributed by atoms with E-state index in [1.807, 2.05) is 59.5 Å². The Morgan fingerprint density at radius 2 is 1.68 bits per heavy atom. The highest BCUT2D eigenvalue weighted by atomic mass is 19.1. The fourth-order valence-electron chi connectivity index (χ4n) is 4.48. The van der Waals surface area contributed by atoms with Gasteiger partial charge >= 0.3 is 6.01 Å². The molecule has 3 aromatic carbocycles. The van der Waals surface area contributed by atoms with Crippen molar-refractivity contribution < 1.29 is 18.3 Å². The van der Waals surface area contributed by atoms with E-state index in [1.165, 1.54) is 6.07 Å². The molecule has 1 fully saturated rings. The van der Waals surface area contributed by atoms with Crippen molar-refractivity contribution in [2.24, 2.45) is 4.99 Å². The first kappa shape index (κ1) is 22.9. The Bertz CT molecular complexity index is 1470. The molecule has 4 aromatic rings. The molecule has 37 heavy (non-hydrogen) atoms. The Morgan fingerprint density at radius 3 is 2.51 bits per heavy atom. The third-order valence-electron chi connectivity index (χ3n) is 6.22. The van der Waals surface area contributed by atoms with Crippen LogP contribution < -0.4 is 15.5 Å². The van der Waals surface area contributed by atoms with Gasteiger partial charge in [0.25, 0.3) is 11.8 Å². The second-order valence-electron chi connectivity index (χ2n) is 8.57. The van der Waals surface area contributed by atoms with Crippen LogP contribution in [0.3, 0.4) is 0 Å². The van der Waals surface area contributed by atoms with Gasteiger partial charge in [-0.25, -0.2) is 9.38 Å². The van der Waals surface area contributed by atoms with Crippen molar-refractivity contribution in [3.05, 3.63) is 89.7 Å². The molecule has 3 heterocycles. The molecule has 10 heteroatoms. The van der Waals surface area contributed by atoms with Crippen LogP contribution in [0.1, 0.15) is 11.1 Å². The lowest BCUT2D eigenvalue weighted by atomic mass is 10.0. The third kappa shape index (κ3) is 4.54. The van der Waals surface area contributed by atoms with Gasteiger partial charge in [-0.3, -0.25) is 4.79 Å². The number of ether oxygens (including phenoxy) is 1. The fraction of sp³-hybridized carbons (Fsp3) is 0.185. The second kappa shape index (κ2) is 9.82. The number of aromatic nitrogens is 2. The van der Waals surface area contributed by atoms with Gasteiger partial charge in [0.1, 0.15) is 5.82 Å². The number of carbonyl (C=O) groups is 1. The molecule has 186 valence electrons. The van der Waals surface area contributed by atoms with E-state index in [9.17, 15) is 9.18 Å². The maximum Gasteiger partial charge on any atom is 0.317 e. The lowest BCUT2D eigenvalue weighted by molar-refractivity contribution is -0.116. The zero-order valence-corrected chi connectivity index (χ0v) is 19.7. The monoisotopic (exact) mass is 498 g/mol. The number of nitrogens with zero attached hydrogens (tertiary/aromatic N) is 4. The van der Waals surface area contributed by atoms with Crippen molar-refractivity contribution in [2.45, 2.75) is 6.17 Å². The highest BCUT2D eigenvalue weighted by Crippen LogP contribution is 2.34. The standard InChI is InChI=1S/C27H23FN6O3/c28-20-11-6-10-19(23(20)34-13-15-36-16-14-34)26-32-33-27(37-26)31-24-25(35)29-21-12-5-4-9-18(21)22(30-24)17-7-2-1-3-8-17/h1-12,24H,13-16H2,(H,29,35)(H,31,33)/t24-/m1/s1. The summed E-state index contributed by atoms with van der Waals surface area (Å²) in [4.78, 5) is 19.7. The van der Waals surface area contributed by atoms with Crippen LogP contribution in [0, 0.1) is 5.82 Å². The van der Waals surface area contributed by atoms with Gasteiger partial charge < -0.3 is 24.7 Å². The summed E-state index contributed by atoms with van der Waals surface area (Å²) in [5.41, 5.74) is 3.81. The van der Waals surface area contributed by atoms with E-state index in [2.05, 4.69) is 20.8 Å². The van der Waals surface area contributed by atoms with E-state index in [0.29, 0.717) is 49.0 Å². The van der Waals surface area contributed by atoms with E-state index >= 15 is 0 Å². The molecule has 0 bridgehead atoms. The number of anilines is 3. The summed E-state index contributed by atoms with van der Waals surface area (Å²) in [6, 6.07) is 21.8. The smallest absolute Gasteiger partial charge is 0.317 e. The van der Waals surface area contributed by atoms with Gasteiger partial charge in [0.2, 0.25) is 6.17 Å². The Balaban J connectivity index is 1.33. The highest BCUT2D eigenvalue weighted by molar-refractivity contribution is 6.19. The summed E-state index contributed by atoms with van der Waals surface area (Å²) in [7, 11) is 0. The lowest BCUT2D eigenvalue weighted by Gasteiger charge is -2.30. The first-order valence-corrected chi connectivity index (χ1v) is 11.9. The average Bonchev–Trinajstić information content (AvgIpc) is 3.35. The van der Waals surface area contributed by atoms with Gasteiger partial charge in [0.15, 0.2) is 0 Å². The van der Waals surface area contributed by atoms with Crippen molar-refractivity contribution >= 4 is 29.0 Å². The number of amides is 1. The van der Waals surface area contributed by atoms with E-state index < -0.39 is 6.17 Å². The molecule has 2 N–H and O–H groups in total. The van der Waals surface area contributed by atoms with Crippen molar-refractivity contribution in [3.63, 3.8) is 0 Å². The van der Waals surface area contributed by atoms with Crippen molar-refractivity contribution in [2.75, 3.05) is 41.8 Å². The summed E-state index contributed by atoms with van der Waals surface area (Å²) >= 11 is 0. The minimum Gasteiger partial charge on any atom is -0.403 e. The van der Waals surface area contributed by atoms with Crippen molar-refractivity contribution in [1.82, 2.24) is 10.2 Å². The number of hydrogen-bond acceptors (Lipinski definition) is 8. The maximum atomic E-state index is 14.9. The number of morpholine rings is 1. The molecule has 9 nitrogen and oxygen atoms in total. The Labute approximate surface area is 212 Å². The number of fused-ring (bicyclic) bond motifs is 1. The van der Waals surface area contributed by atoms with E-state index in [1.54, 1.807) is 12.1 Å². The molecule has 6 rings (SSSR count). The van der Waals surface area contributed by atoms with Crippen LogP contribution in [0.15, 0.2) is 82.2 Å². The molecule has 2 aliphatic heterocycles. The van der Waals surface area contributed by atoms with Crippen LogP contribution in [-0.4, -0.2) is 54.3 Å². The van der Waals surface area contributed by atoms with Crippen LogP contribution in [0.25, 0.3) is 11.5 Å². The van der Waals surface area contributed by atoms with Crippen molar-refractivity contribution in [3.8, 4) is 11.5 Å². The summed E-state index contributed by atoms with van der Waals surface area (Å²) in [6.45, 7) is 2.11. The minimum absolute atomic E-state index is 0.00513. The van der Waals surface area contributed by atoms with Gasteiger partial charge in [-0.1, -0.05) is 59.7 Å². The predicted octanol–water partition coefficient (Wildman–Crippen LogP) is 3.94. The Morgan fingerprint density at radius 1 is 0.919 bits per heavy atom. The molecule has 0 spiro atoms. The molecular weight excluding hydrogens is 475 g/mol. The van der Waals surface area contributed by atoms with Crippen LogP contribution in [0.4, 0.5) is 21.8 Å². The SMILES string of the molecule is O=C1Nc2ccccc2C(c2ccccc2)=N[C@@H]1Nc1nnc(-c2cccc(F)c2N2CCOCC2)o1. The molecule has 0 saturated carbocycles. The number of rotatable bonds is 5. The molecule has 1 saturated heterocycles. The normalized spacial score (nSPS) is 17.4. The number of benzene rings is 3. The summed E-state index contributed by atoms with van der Waals surface area (Å²) < 4.78 is 26.1. The number of carbonyl (C=O) groups excluding carboxylic acids is 1. The van der Waals surface area contributed by atoms with E-state index in [0.717, 1.165) is 11.1 Å². The van der Waals surface area contributed by atoms with Crippen LogP contribution >= 0.6 is 0 Å². The third-order valence-corrected chi connectivity index (χ3v) is 6.22. The molecule has 0 radical (unpaired) electrons. The van der Waals surface area contributed by atoms with E-state index in [-0.39, 0.29) is 23.6 Å². The largest absolute Gasteiger partial charge is 0.403 e. The summed E-state index contributed by atoms with van der Waals surface area (Å²) in [6.07, 6.45) is -1.04. The van der Waals surface area contributed by atoms with Gasteiger partial charge in [-0.2, -0.15) is 0 Å². The van der Waals surface area contributed by atoms with Crippen LogP contribution in [-0.2, 0) is 9.53 Å². The number of benzodiazepines with no additional fused rings is 1. The average molecular weight is 499 g/mol.